The molecule has 5 heteroatoms. The molecule has 0 aliphatic heterocycles. The molecule has 4 nitrogen and oxygen atoms in total. The third kappa shape index (κ3) is 3.38. The van der Waals surface area contributed by atoms with Crippen LogP contribution in [0.3, 0.4) is 0 Å². The van der Waals surface area contributed by atoms with Crippen molar-refractivity contribution in [2.24, 2.45) is 11.8 Å². The van der Waals surface area contributed by atoms with E-state index in [2.05, 4.69) is 11.9 Å². The highest BCUT2D eigenvalue weighted by molar-refractivity contribution is 6.29. The Morgan fingerprint density at radius 1 is 1.38 bits per heavy atom. The smallest absolute Gasteiger partial charge is 0.307 e. The van der Waals surface area contributed by atoms with Gasteiger partial charge in [0.25, 0.3) is 0 Å². The maximum Gasteiger partial charge on any atom is 0.307 e. The van der Waals surface area contributed by atoms with Crippen LogP contribution >= 0.6 is 11.6 Å². The van der Waals surface area contributed by atoms with Crippen molar-refractivity contribution in [2.75, 3.05) is 6.54 Å². The zero-order valence-corrected chi connectivity index (χ0v) is 9.54. The molecule has 0 aromatic heterocycles. The van der Waals surface area contributed by atoms with Crippen LogP contribution in [-0.2, 0) is 9.59 Å². The van der Waals surface area contributed by atoms with E-state index in [1.165, 1.54) is 0 Å². The standard InChI is InChI=1S/C11H14ClNO3/c1-7(12)6-13-10(14)8-4-2-3-5-9(8)11(15)16/h2-3,8-9H,1,4-6H2,(H,13,14)(H,15,16)/t8-,9+/m1/s1. The second-order valence-electron chi connectivity index (χ2n) is 3.73. The van der Waals surface area contributed by atoms with Gasteiger partial charge in [0, 0.05) is 5.03 Å². The number of amides is 1. The number of halogens is 1. The van der Waals surface area contributed by atoms with Crippen molar-refractivity contribution >= 4 is 23.5 Å². The lowest BCUT2D eigenvalue weighted by atomic mass is 9.82. The van der Waals surface area contributed by atoms with E-state index >= 15 is 0 Å². The minimum absolute atomic E-state index is 0.174. The van der Waals surface area contributed by atoms with Crippen LogP contribution in [0.5, 0.6) is 0 Å². The Labute approximate surface area is 99.0 Å². The van der Waals surface area contributed by atoms with Gasteiger partial charge in [-0.25, -0.2) is 0 Å². The molecule has 0 aromatic carbocycles. The molecule has 0 heterocycles. The molecule has 0 spiro atoms. The number of nitrogens with one attached hydrogen (secondary N) is 1. The van der Waals surface area contributed by atoms with Crippen LogP contribution in [0.2, 0.25) is 0 Å². The Kier molecular flexibility index (Phi) is 4.55. The number of hydrogen-bond acceptors (Lipinski definition) is 2. The second kappa shape index (κ2) is 5.70. The molecule has 0 saturated carbocycles. The van der Waals surface area contributed by atoms with Crippen LogP contribution in [0.4, 0.5) is 0 Å². The summed E-state index contributed by atoms with van der Waals surface area (Å²) in [6.45, 7) is 3.62. The van der Waals surface area contributed by atoms with Crippen molar-refractivity contribution in [2.45, 2.75) is 12.8 Å². The van der Waals surface area contributed by atoms with Crippen molar-refractivity contribution in [3.05, 3.63) is 23.8 Å². The predicted octanol–water partition coefficient (Wildman–Crippen LogP) is 1.52. The van der Waals surface area contributed by atoms with Crippen molar-refractivity contribution < 1.29 is 14.7 Å². The van der Waals surface area contributed by atoms with E-state index in [0.29, 0.717) is 17.9 Å². The summed E-state index contributed by atoms with van der Waals surface area (Å²) in [6, 6.07) is 0. The zero-order chi connectivity index (χ0) is 12.1. The van der Waals surface area contributed by atoms with E-state index < -0.39 is 17.8 Å². The Bertz CT molecular complexity index is 338. The van der Waals surface area contributed by atoms with E-state index in [1.807, 2.05) is 6.08 Å². The molecule has 1 aliphatic rings. The van der Waals surface area contributed by atoms with Gasteiger partial charge >= 0.3 is 5.97 Å². The van der Waals surface area contributed by atoms with E-state index in [0.717, 1.165) is 0 Å². The fourth-order valence-corrected chi connectivity index (χ4v) is 1.76. The lowest BCUT2D eigenvalue weighted by molar-refractivity contribution is -0.147. The van der Waals surface area contributed by atoms with Crippen LogP contribution in [0.25, 0.3) is 0 Å². The molecular formula is C11H14ClNO3. The first kappa shape index (κ1) is 12.8. The van der Waals surface area contributed by atoms with Gasteiger partial charge in [-0.15, -0.1) is 0 Å². The van der Waals surface area contributed by atoms with E-state index in [9.17, 15) is 9.59 Å². The normalized spacial score (nSPS) is 23.8. The highest BCUT2D eigenvalue weighted by Gasteiger charge is 2.33. The Morgan fingerprint density at radius 2 is 1.94 bits per heavy atom. The Balaban J connectivity index is 2.62. The molecule has 2 atom stereocenters. The van der Waals surface area contributed by atoms with E-state index in [1.54, 1.807) is 6.08 Å². The number of carboxylic acid groups (broad SMARTS) is 1. The fourth-order valence-electron chi connectivity index (χ4n) is 1.69. The molecule has 1 rings (SSSR count). The number of carbonyl (C=O) groups excluding carboxylic acids is 1. The Morgan fingerprint density at radius 3 is 2.44 bits per heavy atom. The molecule has 16 heavy (non-hydrogen) atoms. The lowest BCUT2D eigenvalue weighted by Crippen LogP contribution is -2.39. The summed E-state index contributed by atoms with van der Waals surface area (Å²) in [5.41, 5.74) is 0. The van der Waals surface area contributed by atoms with Gasteiger partial charge in [-0.1, -0.05) is 30.3 Å². The van der Waals surface area contributed by atoms with Gasteiger partial charge < -0.3 is 10.4 Å². The molecule has 0 fully saturated rings. The number of rotatable bonds is 4. The number of aliphatic carboxylic acids is 1. The molecule has 0 radical (unpaired) electrons. The average molecular weight is 244 g/mol. The van der Waals surface area contributed by atoms with Crippen molar-refractivity contribution in [1.82, 2.24) is 5.32 Å². The fraction of sp³-hybridized carbons (Fsp3) is 0.455. The lowest BCUT2D eigenvalue weighted by Gasteiger charge is -2.24. The molecule has 1 amide bonds. The third-order valence-corrected chi connectivity index (χ3v) is 2.67. The van der Waals surface area contributed by atoms with Gasteiger partial charge in [0.1, 0.15) is 0 Å². The highest BCUT2D eigenvalue weighted by Crippen LogP contribution is 2.25. The van der Waals surface area contributed by atoms with Gasteiger partial charge in [0.2, 0.25) is 5.91 Å². The van der Waals surface area contributed by atoms with Crippen LogP contribution in [0, 0.1) is 11.8 Å². The molecule has 2 N–H and O–H groups in total. The summed E-state index contributed by atoms with van der Waals surface area (Å²) < 4.78 is 0. The SMILES string of the molecule is C=C(Cl)CNC(=O)[C@@H]1CC=CC[C@@H]1C(=O)O. The van der Waals surface area contributed by atoms with E-state index in [4.69, 9.17) is 16.7 Å². The monoisotopic (exact) mass is 243 g/mol. The summed E-state index contributed by atoms with van der Waals surface area (Å²) in [6.07, 6.45) is 4.48. The van der Waals surface area contributed by atoms with Gasteiger partial charge in [-0.2, -0.15) is 0 Å². The van der Waals surface area contributed by atoms with Gasteiger partial charge in [0.05, 0.1) is 18.4 Å². The summed E-state index contributed by atoms with van der Waals surface area (Å²) in [5, 5.41) is 11.9. The van der Waals surface area contributed by atoms with Crippen LogP contribution in [0.1, 0.15) is 12.8 Å². The number of hydrogen-bond donors (Lipinski definition) is 2. The minimum Gasteiger partial charge on any atom is -0.481 e. The molecule has 0 saturated heterocycles. The Hall–Kier alpha value is -1.29. The number of carboxylic acids is 1. The molecule has 1 aliphatic carbocycles. The number of carbonyl (C=O) groups is 2. The minimum atomic E-state index is -0.936. The van der Waals surface area contributed by atoms with Crippen molar-refractivity contribution in [1.29, 1.82) is 0 Å². The first-order chi connectivity index (χ1) is 7.52. The summed E-state index contributed by atoms with van der Waals surface area (Å²) in [5.74, 6) is -2.38. The summed E-state index contributed by atoms with van der Waals surface area (Å²) >= 11 is 5.52. The molecule has 0 unspecified atom stereocenters. The molecular weight excluding hydrogens is 230 g/mol. The van der Waals surface area contributed by atoms with E-state index in [-0.39, 0.29) is 12.5 Å². The second-order valence-corrected chi connectivity index (χ2v) is 4.26. The largest absolute Gasteiger partial charge is 0.481 e. The quantitative estimate of drug-likeness (QED) is 0.736. The van der Waals surface area contributed by atoms with Crippen LogP contribution in [0.15, 0.2) is 23.8 Å². The summed E-state index contributed by atoms with van der Waals surface area (Å²) in [4.78, 5) is 22.7. The predicted molar refractivity (Wildman–Crippen MR) is 61.0 cm³/mol. The van der Waals surface area contributed by atoms with Crippen molar-refractivity contribution in [3.63, 3.8) is 0 Å². The first-order valence-electron chi connectivity index (χ1n) is 5.01. The highest BCUT2D eigenvalue weighted by atomic mass is 35.5. The molecule has 0 bridgehead atoms. The van der Waals surface area contributed by atoms with Gasteiger partial charge in [0.15, 0.2) is 0 Å². The molecule has 88 valence electrons. The first-order valence-corrected chi connectivity index (χ1v) is 5.39. The summed E-state index contributed by atoms with van der Waals surface area (Å²) in [7, 11) is 0. The third-order valence-electron chi connectivity index (χ3n) is 2.54. The zero-order valence-electron chi connectivity index (χ0n) is 8.78. The van der Waals surface area contributed by atoms with Gasteiger partial charge in [-0.05, 0) is 12.8 Å². The maximum absolute atomic E-state index is 11.7. The van der Waals surface area contributed by atoms with Crippen LogP contribution < -0.4 is 5.32 Å². The topological polar surface area (TPSA) is 66.4 Å². The average Bonchev–Trinajstić information content (AvgIpc) is 2.25. The van der Waals surface area contributed by atoms with Crippen molar-refractivity contribution in [3.8, 4) is 0 Å². The number of allylic oxidation sites excluding steroid dienone is 2. The molecule has 0 aromatic rings. The van der Waals surface area contributed by atoms with Gasteiger partial charge in [-0.3, -0.25) is 9.59 Å². The maximum atomic E-state index is 11.7. The van der Waals surface area contributed by atoms with Crippen LogP contribution in [-0.4, -0.2) is 23.5 Å².